The molecule has 0 atom stereocenters. The normalized spacial score (nSPS) is 11.8. The molecule has 2 aromatic rings. The Balaban J connectivity index is 1.59. The minimum absolute atomic E-state index is 0.860. The zero-order chi connectivity index (χ0) is 17.4. The average Bonchev–Trinajstić information content (AvgIpc) is 3.10. The first kappa shape index (κ1) is 18.4. The Labute approximate surface area is 148 Å². The van der Waals surface area contributed by atoms with Gasteiger partial charge in [0.15, 0.2) is 5.96 Å². The maximum atomic E-state index is 4.48. The molecule has 0 aliphatic carbocycles. The number of nitrogens with one attached hydrogen (secondary N) is 2. The van der Waals surface area contributed by atoms with E-state index in [4.69, 9.17) is 0 Å². The topological polar surface area (TPSA) is 67.1 Å². The van der Waals surface area contributed by atoms with Crippen LogP contribution in [0.4, 0.5) is 0 Å². The number of rotatable bonds is 8. The molecule has 0 spiro atoms. The summed E-state index contributed by atoms with van der Waals surface area (Å²) in [6.07, 6.45) is 3.08. The third-order valence-electron chi connectivity index (χ3n) is 3.69. The molecule has 0 aliphatic rings. The molecular weight excluding hydrogens is 320 g/mol. The number of hydrogen-bond acceptors (Lipinski definition) is 4. The summed E-state index contributed by atoms with van der Waals surface area (Å²) in [6.45, 7) is 8.86. The standard InChI is InChI=1S/C17H28N6S/c1-13-11-15(3)23(22-13)10-6-9-20-17(18-4)19-8-5-7-16-21-14(2)12-24-16/h11-12H,5-10H2,1-4H3,(H2,18,19,20). The molecule has 7 heteroatoms. The third kappa shape index (κ3) is 5.96. The summed E-state index contributed by atoms with van der Waals surface area (Å²) >= 11 is 1.74. The first-order valence-corrected chi connectivity index (χ1v) is 9.33. The predicted octanol–water partition coefficient (Wildman–Crippen LogP) is 2.45. The van der Waals surface area contributed by atoms with Crippen LogP contribution in [-0.2, 0) is 13.0 Å². The van der Waals surface area contributed by atoms with Gasteiger partial charge in [-0.3, -0.25) is 9.67 Å². The summed E-state index contributed by atoms with van der Waals surface area (Å²) in [5.74, 6) is 0.860. The van der Waals surface area contributed by atoms with E-state index in [0.29, 0.717) is 0 Å². The highest BCUT2D eigenvalue weighted by atomic mass is 32.1. The van der Waals surface area contributed by atoms with Gasteiger partial charge in [-0.15, -0.1) is 11.3 Å². The second kappa shape index (κ2) is 9.42. The summed E-state index contributed by atoms with van der Waals surface area (Å²) in [7, 11) is 1.81. The maximum Gasteiger partial charge on any atom is 0.190 e. The van der Waals surface area contributed by atoms with Crippen LogP contribution in [-0.4, -0.2) is 40.9 Å². The van der Waals surface area contributed by atoms with E-state index in [1.165, 1.54) is 10.7 Å². The van der Waals surface area contributed by atoms with Crippen molar-refractivity contribution in [2.75, 3.05) is 20.1 Å². The fourth-order valence-electron chi connectivity index (χ4n) is 2.52. The van der Waals surface area contributed by atoms with Crippen molar-refractivity contribution in [2.45, 2.75) is 46.6 Å². The first-order chi connectivity index (χ1) is 11.6. The van der Waals surface area contributed by atoms with E-state index < -0.39 is 0 Å². The fraction of sp³-hybridized carbons (Fsp3) is 0.588. The van der Waals surface area contributed by atoms with Gasteiger partial charge in [-0.25, -0.2) is 4.98 Å². The molecule has 2 N–H and O–H groups in total. The monoisotopic (exact) mass is 348 g/mol. The van der Waals surface area contributed by atoms with E-state index in [2.05, 4.69) is 48.8 Å². The minimum Gasteiger partial charge on any atom is -0.356 e. The Morgan fingerprint density at radius 3 is 2.50 bits per heavy atom. The number of hydrogen-bond donors (Lipinski definition) is 2. The van der Waals surface area contributed by atoms with Gasteiger partial charge in [0, 0.05) is 49.9 Å². The van der Waals surface area contributed by atoms with Crippen LogP contribution in [0.1, 0.15) is 34.9 Å². The van der Waals surface area contributed by atoms with Crippen molar-refractivity contribution in [1.29, 1.82) is 0 Å². The third-order valence-corrected chi connectivity index (χ3v) is 4.72. The molecule has 0 saturated carbocycles. The second-order valence-electron chi connectivity index (χ2n) is 5.92. The molecule has 2 aromatic heterocycles. The predicted molar refractivity (Wildman–Crippen MR) is 101 cm³/mol. The summed E-state index contributed by atoms with van der Waals surface area (Å²) in [4.78, 5) is 8.74. The quantitative estimate of drug-likeness (QED) is 0.437. The molecule has 0 saturated heterocycles. The van der Waals surface area contributed by atoms with Gasteiger partial charge in [-0.1, -0.05) is 0 Å². The number of thiazole rings is 1. The molecule has 0 fully saturated rings. The lowest BCUT2D eigenvalue weighted by molar-refractivity contribution is 0.555. The van der Waals surface area contributed by atoms with Crippen LogP contribution in [0.15, 0.2) is 16.4 Å². The molecule has 0 amide bonds. The molecule has 6 nitrogen and oxygen atoms in total. The molecular formula is C17H28N6S. The Hall–Kier alpha value is -1.89. The van der Waals surface area contributed by atoms with Gasteiger partial charge in [-0.2, -0.15) is 5.10 Å². The van der Waals surface area contributed by atoms with Gasteiger partial charge < -0.3 is 10.6 Å². The Morgan fingerprint density at radius 2 is 1.92 bits per heavy atom. The van der Waals surface area contributed by atoms with E-state index >= 15 is 0 Å². The lowest BCUT2D eigenvalue weighted by atomic mass is 10.3. The van der Waals surface area contributed by atoms with E-state index in [0.717, 1.165) is 56.2 Å². The van der Waals surface area contributed by atoms with Gasteiger partial charge in [0.2, 0.25) is 0 Å². The van der Waals surface area contributed by atoms with Gasteiger partial charge >= 0.3 is 0 Å². The number of aliphatic imine (C=N–C) groups is 1. The molecule has 0 bridgehead atoms. The van der Waals surface area contributed by atoms with E-state index in [-0.39, 0.29) is 0 Å². The molecule has 0 radical (unpaired) electrons. The maximum absolute atomic E-state index is 4.48. The second-order valence-corrected chi connectivity index (χ2v) is 6.86. The molecule has 2 heterocycles. The molecule has 0 aromatic carbocycles. The summed E-state index contributed by atoms with van der Waals surface area (Å²) in [5.41, 5.74) is 3.41. The van der Waals surface area contributed by atoms with Crippen LogP contribution in [0.3, 0.4) is 0 Å². The lowest BCUT2D eigenvalue weighted by Crippen LogP contribution is -2.38. The molecule has 2 rings (SSSR count). The van der Waals surface area contributed by atoms with Crippen molar-refractivity contribution in [2.24, 2.45) is 4.99 Å². The Bertz CT molecular complexity index is 658. The van der Waals surface area contributed by atoms with Crippen LogP contribution in [0.5, 0.6) is 0 Å². The zero-order valence-electron chi connectivity index (χ0n) is 15.1. The number of aromatic nitrogens is 3. The van der Waals surface area contributed by atoms with Crippen LogP contribution in [0.2, 0.25) is 0 Å². The van der Waals surface area contributed by atoms with Crippen molar-refractivity contribution in [3.8, 4) is 0 Å². The summed E-state index contributed by atoms with van der Waals surface area (Å²) < 4.78 is 2.06. The smallest absolute Gasteiger partial charge is 0.190 e. The fourth-order valence-corrected chi connectivity index (χ4v) is 3.34. The van der Waals surface area contributed by atoms with E-state index in [1.807, 2.05) is 13.8 Å². The van der Waals surface area contributed by atoms with Gasteiger partial charge in [-0.05, 0) is 39.7 Å². The van der Waals surface area contributed by atoms with Crippen molar-refractivity contribution in [3.05, 3.63) is 33.5 Å². The molecule has 0 unspecified atom stereocenters. The van der Waals surface area contributed by atoms with Crippen molar-refractivity contribution >= 4 is 17.3 Å². The van der Waals surface area contributed by atoms with Gasteiger partial charge in [0.25, 0.3) is 0 Å². The number of aryl methyl sites for hydroxylation is 5. The van der Waals surface area contributed by atoms with Gasteiger partial charge in [0.1, 0.15) is 0 Å². The molecule has 132 valence electrons. The van der Waals surface area contributed by atoms with E-state index in [9.17, 15) is 0 Å². The molecule has 24 heavy (non-hydrogen) atoms. The van der Waals surface area contributed by atoms with Crippen molar-refractivity contribution in [3.63, 3.8) is 0 Å². The van der Waals surface area contributed by atoms with Crippen molar-refractivity contribution < 1.29 is 0 Å². The number of guanidine groups is 1. The highest BCUT2D eigenvalue weighted by Gasteiger charge is 2.02. The van der Waals surface area contributed by atoms with E-state index in [1.54, 1.807) is 18.4 Å². The Kier molecular flexibility index (Phi) is 7.24. The highest BCUT2D eigenvalue weighted by Crippen LogP contribution is 2.10. The summed E-state index contributed by atoms with van der Waals surface area (Å²) in [6, 6.07) is 2.11. The first-order valence-electron chi connectivity index (χ1n) is 8.45. The van der Waals surface area contributed by atoms with Crippen LogP contribution in [0.25, 0.3) is 0 Å². The van der Waals surface area contributed by atoms with Crippen LogP contribution >= 0.6 is 11.3 Å². The SMILES string of the molecule is CN=C(NCCCc1nc(C)cs1)NCCCn1nc(C)cc1C. The average molecular weight is 349 g/mol. The van der Waals surface area contributed by atoms with Crippen LogP contribution < -0.4 is 10.6 Å². The largest absolute Gasteiger partial charge is 0.356 e. The van der Waals surface area contributed by atoms with Crippen LogP contribution in [0, 0.1) is 20.8 Å². The van der Waals surface area contributed by atoms with Gasteiger partial charge in [0.05, 0.1) is 10.7 Å². The summed E-state index contributed by atoms with van der Waals surface area (Å²) in [5, 5.41) is 14.5. The minimum atomic E-state index is 0.860. The highest BCUT2D eigenvalue weighted by molar-refractivity contribution is 7.09. The zero-order valence-corrected chi connectivity index (χ0v) is 15.9. The Morgan fingerprint density at radius 1 is 1.17 bits per heavy atom. The van der Waals surface area contributed by atoms with Crippen molar-refractivity contribution in [1.82, 2.24) is 25.4 Å². The lowest BCUT2D eigenvalue weighted by Gasteiger charge is -2.12. The number of nitrogens with zero attached hydrogens (tertiary/aromatic N) is 4. The molecule has 0 aliphatic heterocycles.